The third kappa shape index (κ3) is 3.74. The summed E-state index contributed by atoms with van der Waals surface area (Å²) in [6.45, 7) is 5.16. The zero-order chi connectivity index (χ0) is 14.0. The van der Waals surface area contributed by atoms with Crippen LogP contribution < -0.4 is 5.32 Å². The third-order valence-electron chi connectivity index (χ3n) is 3.83. The quantitative estimate of drug-likeness (QED) is 0.853. The Labute approximate surface area is 113 Å². The van der Waals surface area contributed by atoms with Crippen molar-refractivity contribution < 1.29 is 8.78 Å². The molecule has 0 heterocycles. The van der Waals surface area contributed by atoms with Gasteiger partial charge in [0.25, 0.3) is 0 Å². The van der Waals surface area contributed by atoms with Crippen LogP contribution in [-0.2, 0) is 0 Å². The molecule has 0 saturated heterocycles. The van der Waals surface area contributed by atoms with E-state index in [1.165, 1.54) is 25.0 Å². The lowest BCUT2D eigenvalue weighted by molar-refractivity contribution is 0.315. The predicted molar refractivity (Wildman–Crippen MR) is 73.2 cm³/mol. The average Bonchev–Trinajstić information content (AvgIpc) is 3.17. The molecule has 1 aliphatic rings. The maximum Gasteiger partial charge on any atom is 0.128 e. The van der Waals surface area contributed by atoms with E-state index in [1.807, 2.05) is 6.92 Å². The fraction of sp³-hybridized carbons (Fsp3) is 0.600. The van der Waals surface area contributed by atoms with Crippen molar-refractivity contribution in [2.45, 2.75) is 38.8 Å². The van der Waals surface area contributed by atoms with Crippen LogP contribution in [0, 0.1) is 18.6 Å². The third-order valence-corrected chi connectivity index (χ3v) is 3.83. The number of nitrogens with zero attached hydrogens (tertiary/aromatic N) is 1. The van der Waals surface area contributed by atoms with Crippen molar-refractivity contribution in [2.75, 3.05) is 20.1 Å². The topological polar surface area (TPSA) is 15.3 Å². The molecule has 106 valence electrons. The summed E-state index contributed by atoms with van der Waals surface area (Å²) in [5.41, 5.74) is 0.749. The number of hydrogen-bond acceptors (Lipinski definition) is 2. The zero-order valence-electron chi connectivity index (χ0n) is 11.8. The van der Waals surface area contributed by atoms with E-state index >= 15 is 0 Å². The predicted octanol–water partition coefficient (Wildman–Crippen LogP) is 3.02. The lowest BCUT2D eigenvalue weighted by atomic mass is 10.1. The van der Waals surface area contributed by atoms with E-state index in [-0.39, 0.29) is 17.7 Å². The monoisotopic (exact) mass is 268 g/mol. The summed E-state index contributed by atoms with van der Waals surface area (Å²) in [5.74, 6) is -0.686. The van der Waals surface area contributed by atoms with Crippen LogP contribution in [0.1, 0.15) is 36.9 Å². The first-order valence-electron chi connectivity index (χ1n) is 6.88. The molecule has 1 unspecified atom stereocenters. The minimum Gasteiger partial charge on any atom is -0.309 e. The van der Waals surface area contributed by atoms with Crippen molar-refractivity contribution in [1.29, 1.82) is 0 Å². The fourth-order valence-corrected chi connectivity index (χ4v) is 2.26. The molecule has 1 aromatic rings. The molecule has 1 saturated carbocycles. The van der Waals surface area contributed by atoms with Crippen molar-refractivity contribution in [1.82, 2.24) is 10.2 Å². The average molecular weight is 268 g/mol. The molecule has 1 N–H and O–H groups in total. The minimum atomic E-state index is -0.347. The highest BCUT2D eigenvalue weighted by molar-refractivity contribution is 5.27. The second-order valence-electron chi connectivity index (χ2n) is 5.51. The van der Waals surface area contributed by atoms with Gasteiger partial charge in [-0.15, -0.1) is 0 Å². The van der Waals surface area contributed by atoms with Gasteiger partial charge in [0.2, 0.25) is 0 Å². The van der Waals surface area contributed by atoms with Crippen LogP contribution in [0.2, 0.25) is 0 Å². The minimum absolute atomic E-state index is 0.178. The Morgan fingerprint density at radius 3 is 2.63 bits per heavy atom. The van der Waals surface area contributed by atoms with Crippen LogP contribution in [-0.4, -0.2) is 31.1 Å². The molecule has 0 bridgehead atoms. The lowest BCUT2D eigenvalue weighted by Crippen LogP contribution is -2.32. The molecule has 4 heteroatoms. The first kappa shape index (κ1) is 14.4. The van der Waals surface area contributed by atoms with E-state index in [2.05, 4.69) is 17.3 Å². The van der Waals surface area contributed by atoms with Crippen molar-refractivity contribution >= 4 is 0 Å². The van der Waals surface area contributed by atoms with Gasteiger partial charge in [-0.2, -0.15) is 0 Å². The molecular formula is C15H22F2N2. The Balaban J connectivity index is 1.88. The van der Waals surface area contributed by atoms with E-state index in [9.17, 15) is 8.78 Å². The molecule has 0 radical (unpaired) electrons. The fourth-order valence-electron chi connectivity index (χ4n) is 2.26. The normalized spacial score (nSPS) is 16.9. The van der Waals surface area contributed by atoms with Gasteiger partial charge in [0, 0.05) is 30.7 Å². The van der Waals surface area contributed by atoms with E-state index < -0.39 is 0 Å². The first-order valence-corrected chi connectivity index (χ1v) is 6.88. The molecular weight excluding hydrogens is 246 g/mol. The standard InChI is InChI=1S/C15H22F2N2/c1-10-8-15(17)13(9-14(10)16)11(2)18-6-7-19(3)12-4-5-12/h8-9,11-12,18H,4-7H2,1-3H3. The van der Waals surface area contributed by atoms with Gasteiger partial charge in [0.1, 0.15) is 11.6 Å². The van der Waals surface area contributed by atoms with Gasteiger partial charge in [-0.25, -0.2) is 8.78 Å². The van der Waals surface area contributed by atoms with Gasteiger partial charge < -0.3 is 10.2 Å². The summed E-state index contributed by atoms with van der Waals surface area (Å²) >= 11 is 0. The Hall–Kier alpha value is -1.00. The van der Waals surface area contributed by atoms with Crippen LogP contribution in [0.4, 0.5) is 8.78 Å². The summed E-state index contributed by atoms with van der Waals surface area (Å²) in [7, 11) is 2.11. The molecule has 2 nitrogen and oxygen atoms in total. The molecule has 1 aromatic carbocycles. The molecule has 0 aromatic heterocycles. The molecule has 1 atom stereocenters. The van der Waals surface area contributed by atoms with Gasteiger partial charge in [-0.05, 0) is 51.4 Å². The number of halogens is 2. The maximum atomic E-state index is 13.8. The largest absolute Gasteiger partial charge is 0.309 e. The molecule has 0 spiro atoms. The Bertz CT molecular complexity index is 444. The molecule has 1 fully saturated rings. The van der Waals surface area contributed by atoms with Crippen molar-refractivity contribution in [3.8, 4) is 0 Å². The maximum absolute atomic E-state index is 13.8. The molecule has 0 amide bonds. The van der Waals surface area contributed by atoms with Crippen molar-refractivity contribution in [2.24, 2.45) is 0 Å². The molecule has 19 heavy (non-hydrogen) atoms. The van der Waals surface area contributed by atoms with Crippen LogP contribution in [0.5, 0.6) is 0 Å². The first-order chi connectivity index (χ1) is 8.99. The number of hydrogen-bond donors (Lipinski definition) is 1. The van der Waals surface area contributed by atoms with Gasteiger partial charge in [-0.1, -0.05) is 0 Å². The van der Waals surface area contributed by atoms with Crippen LogP contribution in [0.15, 0.2) is 12.1 Å². The van der Waals surface area contributed by atoms with Gasteiger partial charge in [0.15, 0.2) is 0 Å². The Kier molecular flexibility index (Phi) is 4.53. The number of aryl methyl sites for hydroxylation is 1. The zero-order valence-corrected chi connectivity index (χ0v) is 11.8. The highest BCUT2D eigenvalue weighted by Crippen LogP contribution is 2.25. The summed E-state index contributed by atoms with van der Waals surface area (Å²) < 4.78 is 27.3. The number of nitrogens with one attached hydrogen (secondary N) is 1. The number of rotatable bonds is 6. The van der Waals surface area contributed by atoms with Gasteiger partial charge >= 0.3 is 0 Å². The molecule has 1 aliphatic carbocycles. The Morgan fingerprint density at radius 1 is 1.32 bits per heavy atom. The number of likely N-dealkylation sites (N-methyl/N-ethyl adjacent to an activating group) is 1. The Morgan fingerprint density at radius 2 is 2.00 bits per heavy atom. The summed E-state index contributed by atoms with van der Waals surface area (Å²) in [6.07, 6.45) is 2.56. The van der Waals surface area contributed by atoms with E-state index in [1.54, 1.807) is 6.92 Å². The van der Waals surface area contributed by atoms with E-state index in [0.717, 1.165) is 19.1 Å². The van der Waals surface area contributed by atoms with E-state index in [0.29, 0.717) is 11.1 Å². The summed E-state index contributed by atoms with van der Waals surface area (Å²) in [4.78, 5) is 2.31. The van der Waals surface area contributed by atoms with Crippen LogP contribution in [0.3, 0.4) is 0 Å². The second-order valence-corrected chi connectivity index (χ2v) is 5.51. The molecule has 2 rings (SSSR count). The van der Waals surface area contributed by atoms with E-state index in [4.69, 9.17) is 0 Å². The van der Waals surface area contributed by atoms with Gasteiger partial charge in [0.05, 0.1) is 0 Å². The smallest absolute Gasteiger partial charge is 0.128 e. The lowest BCUT2D eigenvalue weighted by Gasteiger charge is -2.19. The van der Waals surface area contributed by atoms with Crippen LogP contribution in [0.25, 0.3) is 0 Å². The highest BCUT2D eigenvalue weighted by atomic mass is 19.1. The van der Waals surface area contributed by atoms with Crippen molar-refractivity contribution in [3.05, 3.63) is 34.9 Å². The van der Waals surface area contributed by atoms with Crippen molar-refractivity contribution in [3.63, 3.8) is 0 Å². The highest BCUT2D eigenvalue weighted by Gasteiger charge is 2.25. The second kappa shape index (κ2) is 5.97. The summed E-state index contributed by atoms with van der Waals surface area (Å²) in [5, 5.41) is 3.25. The SMILES string of the molecule is Cc1cc(F)c(C(C)NCCN(C)C2CC2)cc1F. The number of benzene rings is 1. The van der Waals surface area contributed by atoms with Crippen LogP contribution >= 0.6 is 0 Å². The summed E-state index contributed by atoms with van der Waals surface area (Å²) in [6, 6.07) is 3.11. The molecule has 0 aliphatic heterocycles. The van der Waals surface area contributed by atoms with Gasteiger partial charge in [-0.3, -0.25) is 0 Å².